The van der Waals surface area contributed by atoms with Gasteiger partial charge in [-0.15, -0.1) is 0 Å². The highest BCUT2D eigenvalue weighted by atomic mass is 79.9. The number of rotatable bonds is 4. The Morgan fingerprint density at radius 1 is 1.50 bits per heavy atom. The number of halogens is 1. The molecule has 0 bridgehead atoms. The van der Waals surface area contributed by atoms with E-state index in [9.17, 15) is 9.90 Å². The first-order chi connectivity index (χ1) is 6.19. The van der Waals surface area contributed by atoms with Crippen molar-refractivity contribution in [2.45, 2.75) is 44.9 Å². The fraction of sp³-hybridized carbons (Fsp3) is 0.889. The zero-order valence-corrected chi connectivity index (χ0v) is 10.4. The molecule has 0 aliphatic rings. The van der Waals surface area contributed by atoms with E-state index in [4.69, 9.17) is 10.5 Å². The second-order valence-electron chi connectivity index (χ2n) is 4.22. The summed E-state index contributed by atoms with van der Waals surface area (Å²) in [7, 11) is 0. The highest BCUT2D eigenvalue weighted by molar-refractivity contribution is 9.09. The topological polar surface area (TPSA) is 72.5 Å². The van der Waals surface area contributed by atoms with Crippen molar-refractivity contribution in [3.8, 4) is 0 Å². The number of ether oxygens (including phenoxy) is 1. The lowest BCUT2D eigenvalue weighted by molar-refractivity contribution is -0.177. The highest BCUT2D eigenvalue weighted by Gasteiger charge is 2.34. The fourth-order valence-corrected chi connectivity index (χ4v) is 1.09. The smallest absolute Gasteiger partial charge is 0.353 e. The molecule has 1 unspecified atom stereocenters. The number of hydrogen-bond donors (Lipinski definition) is 2. The Hall–Kier alpha value is -0.130. The van der Waals surface area contributed by atoms with Crippen molar-refractivity contribution >= 4 is 21.9 Å². The molecule has 0 aliphatic heterocycles. The molecule has 84 valence electrons. The fourth-order valence-electron chi connectivity index (χ4n) is 0.805. The Morgan fingerprint density at radius 3 is 2.36 bits per heavy atom. The zero-order valence-electron chi connectivity index (χ0n) is 8.84. The van der Waals surface area contributed by atoms with Gasteiger partial charge in [0.1, 0.15) is 5.60 Å². The van der Waals surface area contributed by atoms with Crippen molar-refractivity contribution in [1.82, 2.24) is 0 Å². The van der Waals surface area contributed by atoms with Crippen molar-refractivity contribution in [2.24, 2.45) is 5.73 Å². The summed E-state index contributed by atoms with van der Waals surface area (Å²) >= 11 is 3.19. The van der Waals surface area contributed by atoms with Crippen molar-refractivity contribution in [1.29, 1.82) is 0 Å². The number of nitrogens with two attached hydrogens (primary N) is 1. The van der Waals surface area contributed by atoms with Gasteiger partial charge in [0.2, 0.25) is 5.72 Å². The first-order valence-electron chi connectivity index (χ1n) is 4.50. The summed E-state index contributed by atoms with van der Waals surface area (Å²) in [5, 5.41) is 10.2. The van der Waals surface area contributed by atoms with Crippen LogP contribution in [0, 0.1) is 0 Å². The van der Waals surface area contributed by atoms with Crippen LogP contribution in [0.5, 0.6) is 0 Å². The van der Waals surface area contributed by atoms with Crippen LogP contribution in [-0.2, 0) is 9.53 Å². The van der Waals surface area contributed by atoms with Gasteiger partial charge in [-0.2, -0.15) is 0 Å². The second kappa shape index (κ2) is 5.09. The Bertz CT molecular complexity index is 199. The molecule has 0 aromatic carbocycles. The Morgan fingerprint density at radius 2 is 2.00 bits per heavy atom. The van der Waals surface area contributed by atoms with Gasteiger partial charge in [0, 0.05) is 11.8 Å². The van der Waals surface area contributed by atoms with E-state index in [0.717, 1.165) is 0 Å². The summed E-state index contributed by atoms with van der Waals surface area (Å²) in [5.41, 5.74) is 2.91. The Kier molecular flexibility index (Phi) is 5.05. The van der Waals surface area contributed by atoms with Crippen LogP contribution >= 0.6 is 15.9 Å². The van der Waals surface area contributed by atoms with Gasteiger partial charge in [0.05, 0.1) is 0 Å². The Balaban J connectivity index is 4.21. The van der Waals surface area contributed by atoms with E-state index in [1.807, 2.05) is 0 Å². The lowest BCUT2D eigenvalue weighted by Gasteiger charge is -2.26. The van der Waals surface area contributed by atoms with E-state index in [2.05, 4.69) is 15.9 Å². The number of hydrogen-bond acceptors (Lipinski definition) is 4. The molecule has 0 amide bonds. The molecule has 0 saturated heterocycles. The highest BCUT2D eigenvalue weighted by Crippen LogP contribution is 2.15. The monoisotopic (exact) mass is 267 g/mol. The molecule has 0 rings (SSSR count). The number of esters is 1. The van der Waals surface area contributed by atoms with Gasteiger partial charge in [0.25, 0.3) is 0 Å². The average Bonchev–Trinajstić information content (AvgIpc) is 1.97. The van der Waals surface area contributed by atoms with Crippen molar-refractivity contribution in [3.05, 3.63) is 0 Å². The second-order valence-corrected chi connectivity index (χ2v) is 5.01. The number of alkyl halides is 1. The van der Waals surface area contributed by atoms with E-state index in [0.29, 0.717) is 11.8 Å². The first-order valence-corrected chi connectivity index (χ1v) is 5.62. The molecule has 0 spiro atoms. The molecule has 0 aliphatic carbocycles. The van der Waals surface area contributed by atoms with E-state index in [-0.39, 0.29) is 6.42 Å². The van der Waals surface area contributed by atoms with E-state index < -0.39 is 17.3 Å². The normalized spacial score (nSPS) is 16.1. The molecule has 0 aromatic rings. The predicted molar refractivity (Wildman–Crippen MR) is 58.0 cm³/mol. The van der Waals surface area contributed by atoms with Crippen LogP contribution in [0.4, 0.5) is 0 Å². The van der Waals surface area contributed by atoms with Crippen LogP contribution in [0.1, 0.15) is 33.6 Å². The molecular formula is C9H18BrNO3. The summed E-state index contributed by atoms with van der Waals surface area (Å²) in [5.74, 6) is -0.772. The minimum atomic E-state index is -1.87. The summed E-state index contributed by atoms with van der Waals surface area (Å²) in [6, 6.07) is 0. The summed E-state index contributed by atoms with van der Waals surface area (Å²) in [6.07, 6.45) is 0.805. The molecule has 3 N–H and O–H groups in total. The molecule has 0 radical (unpaired) electrons. The Labute approximate surface area is 92.9 Å². The van der Waals surface area contributed by atoms with E-state index >= 15 is 0 Å². The SMILES string of the molecule is CC(C)(C)OC(=O)C(N)(O)CCCBr. The van der Waals surface area contributed by atoms with Gasteiger partial charge in [-0.1, -0.05) is 15.9 Å². The van der Waals surface area contributed by atoms with Gasteiger partial charge in [-0.25, -0.2) is 4.79 Å². The maximum absolute atomic E-state index is 11.4. The quantitative estimate of drug-likeness (QED) is 0.456. The molecule has 14 heavy (non-hydrogen) atoms. The van der Waals surface area contributed by atoms with Gasteiger partial charge < -0.3 is 9.84 Å². The maximum Gasteiger partial charge on any atom is 0.353 e. The molecule has 4 nitrogen and oxygen atoms in total. The van der Waals surface area contributed by atoms with Crippen molar-refractivity contribution in [2.75, 3.05) is 5.33 Å². The third kappa shape index (κ3) is 5.57. The predicted octanol–water partition coefficient (Wildman–Crippen LogP) is 1.15. The molecule has 1 atom stereocenters. The largest absolute Gasteiger partial charge is 0.457 e. The molecule has 0 saturated carbocycles. The van der Waals surface area contributed by atoms with Crippen molar-refractivity contribution in [3.63, 3.8) is 0 Å². The van der Waals surface area contributed by atoms with Gasteiger partial charge in [-0.3, -0.25) is 5.73 Å². The summed E-state index contributed by atoms with van der Waals surface area (Å²) < 4.78 is 4.97. The maximum atomic E-state index is 11.4. The van der Waals surface area contributed by atoms with Crippen LogP contribution in [0.2, 0.25) is 0 Å². The number of aliphatic hydroxyl groups is 1. The van der Waals surface area contributed by atoms with Crippen LogP contribution < -0.4 is 5.73 Å². The molecule has 0 aromatic heterocycles. The third-order valence-corrected chi connectivity index (χ3v) is 2.00. The zero-order chi connectivity index (χ0) is 11.4. The molecular weight excluding hydrogens is 250 g/mol. The number of carbonyl (C=O) groups is 1. The standard InChI is InChI=1S/C9H18BrNO3/c1-8(2,3)14-7(12)9(11,13)5-4-6-10/h13H,4-6,11H2,1-3H3. The third-order valence-electron chi connectivity index (χ3n) is 1.44. The average molecular weight is 268 g/mol. The lowest BCUT2D eigenvalue weighted by atomic mass is 10.1. The van der Waals surface area contributed by atoms with Gasteiger partial charge >= 0.3 is 5.97 Å². The number of carbonyl (C=O) groups excluding carboxylic acids is 1. The van der Waals surface area contributed by atoms with Crippen LogP contribution in [0.25, 0.3) is 0 Å². The molecule has 0 fully saturated rings. The van der Waals surface area contributed by atoms with Crippen LogP contribution in [-0.4, -0.2) is 27.7 Å². The first kappa shape index (κ1) is 13.9. The van der Waals surface area contributed by atoms with Crippen LogP contribution in [0.15, 0.2) is 0 Å². The van der Waals surface area contributed by atoms with Crippen LogP contribution in [0.3, 0.4) is 0 Å². The summed E-state index contributed by atoms with van der Waals surface area (Å²) in [6.45, 7) is 5.18. The van der Waals surface area contributed by atoms with Gasteiger partial charge in [0.15, 0.2) is 0 Å². The van der Waals surface area contributed by atoms with Gasteiger partial charge in [-0.05, 0) is 27.2 Å². The molecule has 5 heteroatoms. The van der Waals surface area contributed by atoms with E-state index in [1.165, 1.54) is 0 Å². The van der Waals surface area contributed by atoms with Crippen molar-refractivity contribution < 1.29 is 14.6 Å². The minimum absolute atomic E-state index is 0.188. The minimum Gasteiger partial charge on any atom is -0.457 e. The lowest BCUT2D eigenvalue weighted by Crippen LogP contribution is -2.51. The molecule has 0 heterocycles. The van der Waals surface area contributed by atoms with E-state index in [1.54, 1.807) is 20.8 Å². The summed E-state index contributed by atoms with van der Waals surface area (Å²) in [4.78, 5) is 11.4.